The molecule has 0 spiro atoms. The molecule has 0 aliphatic rings. The van der Waals surface area contributed by atoms with E-state index in [4.69, 9.17) is 4.74 Å². The maximum atomic E-state index is 13.2. The van der Waals surface area contributed by atoms with E-state index in [-0.39, 0.29) is 11.6 Å². The molecule has 4 heteroatoms. The van der Waals surface area contributed by atoms with Crippen LogP contribution in [0, 0.1) is 11.6 Å². The van der Waals surface area contributed by atoms with Crippen LogP contribution in [0.25, 0.3) is 11.1 Å². The maximum absolute atomic E-state index is 13.2. The number of ether oxygens (including phenoxy) is 1. The number of carbonyl (C=O) groups is 1. The van der Waals surface area contributed by atoms with Gasteiger partial charge in [0.2, 0.25) is 0 Å². The van der Waals surface area contributed by atoms with E-state index in [1.165, 1.54) is 36.4 Å². The molecule has 0 unspecified atom stereocenters. The number of carbonyl (C=O) groups excluding carboxylic acids is 1. The molecule has 0 saturated heterocycles. The number of benzene rings is 2. The number of halogens is 2. The van der Waals surface area contributed by atoms with Crippen molar-refractivity contribution in [1.29, 1.82) is 0 Å². The highest BCUT2D eigenvalue weighted by Crippen LogP contribution is 2.31. The van der Waals surface area contributed by atoms with E-state index in [0.717, 1.165) is 12.1 Å². The first-order valence-electron chi connectivity index (χ1n) is 5.50. The molecule has 0 aromatic heterocycles. The van der Waals surface area contributed by atoms with Crippen LogP contribution in [0.5, 0.6) is 5.75 Å². The van der Waals surface area contributed by atoms with Crippen molar-refractivity contribution in [3.63, 3.8) is 0 Å². The zero-order chi connectivity index (χ0) is 13.8. The van der Waals surface area contributed by atoms with Gasteiger partial charge >= 0.3 is 5.97 Å². The smallest absolute Gasteiger partial charge is 0.335 e. The van der Waals surface area contributed by atoms with Crippen LogP contribution in [0.4, 0.5) is 8.78 Å². The van der Waals surface area contributed by atoms with Gasteiger partial charge in [0.15, 0.2) is 0 Å². The lowest BCUT2D eigenvalue weighted by Gasteiger charge is -2.09. The van der Waals surface area contributed by atoms with Crippen LogP contribution in [-0.4, -0.2) is 5.97 Å². The van der Waals surface area contributed by atoms with Gasteiger partial charge in [0.25, 0.3) is 0 Å². The molecule has 0 radical (unpaired) electrons. The van der Waals surface area contributed by atoms with E-state index in [9.17, 15) is 13.6 Å². The Labute approximate surface area is 108 Å². The predicted molar refractivity (Wildman–Crippen MR) is 67.6 cm³/mol. The van der Waals surface area contributed by atoms with Gasteiger partial charge in [-0.15, -0.1) is 0 Å². The second-order valence-corrected chi connectivity index (χ2v) is 3.77. The van der Waals surface area contributed by atoms with Crippen molar-refractivity contribution >= 4 is 5.97 Å². The molecule has 0 saturated carbocycles. The van der Waals surface area contributed by atoms with Gasteiger partial charge in [-0.1, -0.05) is 18.7 Å². The monoisotopic (exact) mass is 260 g/mol. The first-order chi connectivity index (χ1) is 9.10. The number of hydrogen-bond donors (Lipinski definition) is 0. The molecule has 96 valence electrons. The van der Waals surface area contributed by atoms with Crippen molar-refractivity contribution in [2.24, 2.45) is 0 Å². The van der Waals surface area contributed by atoms with E-state index >= 15 is 0 Å². The summed E-state index contributed by atoms with van der Waals surface area (Å²) in [6.07, 6.45) is 0.985. The lowest BCUT2D eigenvalue weighted by atomic mass is 10.0. The third-order valence-corrected chi connectivity index (χ3v) is 2.48. The maximum Gasteiger partial charge on any atom is 0.335 e. The highest BCUT2D eigenvalue weighted by Gasteiger charge is 2.10. The topological polar surface area (TPSA) is 26.3 Å². The van der Waals surface area contributed by atoms with Crippen LogP contribution in [0.1, 0.15) is 0 Å². The zero-order valence-electron chi connectivity index (χ0n) is 9.90. The van der Waals surface area contributed by atoms with Gasteiger partial charge in [0, 0.05) is 17.7 Å². The fraction of sp³-hybridized carbons (Fsp3) is 0. The SMILES string of the molecule is C=CC(=O)Oc1cc(F)ccc1-c1ccc(F)cc1. The average molecular weight is 260 g/mol. The second kappa shape index (κ2) is 5.44. The fourth-order valence-corrected chi connectivity index (χ4v) is 1.60. The molecule has 0 heterocycles. The standard InChI is InChI=1S/C15H10F2O2/c1-2-15(18)19-14-9-12(17)7-8-13(14)10-3-5-11(16)6-4-10/h2-9H,1H2. The van der Waals surface area contributed by atoms with Gasteiger partial charge in [-0.05, 0) is 29.8 Å². The third kappa shape index (κ3) is 3.04. The molecule has 0 N–H and O–H groups in total. The summed E-state index contributed by atoms with van der Waals surface area (Å²) in [5.41, 5.74) is 1.12. The summed E-state index contributed by atoms with van der Waals surface area (Å²) in [6, 6.07) is 9.40. The van der Waals surface area contributed by atoms with Gasteiger partial charge < -0.3 is 4.74 Å². The highest BCUT2D eigenvalue weighted by atomic mass is 19.1. The Hall–Kier alpha value is -2.49. The first-order valence-corrected chi connectivity index (χ1v) is 5.50. The van der Waals surface area contributed by atoms with Crippen LogP contribution in [0.3, 0.4) is 0 Å². The largest absolute Gasteiger partial charge is 0.423 e. The first kappa shape index (κ1) is 13.0. The summed E-state index contributed by atoms with van der Waals surface area (Å²) in [5, 5.41) is 0. The molecule has 0 amide bonds. The summed E-state index contributed by atoms with van der Waals surface area (Å²) in [7, 11) is 0. The Morgan fingerprint density at radius 1 is 1.05 bits per heavy atom. The minimum atomic E-state index is -0.686. The predicted octanol–water partition coefficient (Wildman–Crippen LogP) is 3.72. The summed E-state index contributed by atoms with van der Waals surface area (Å²) >= 11 is 0. The Morgan fingerprint density at radius 3 is 2.32 bits per heavy atom. The van der Waals surface area contributed by atoms with Crippen molar-refractivity contribution in [2.45, 2.75) is 0 Å². The minimum absolute atomic E-state index is 0.0662. The second-order valence-electron chi connectivity index (χ2n) is 3.77. The van der Waals surface area contributed by atoms with Gasteiger partial charge in [0.05, 0.1) is 0 Å². The van der Waals surface area contributed by atoms with Crippen molar-refractivity contribution in [1.82, 2.24) is 0 Å². The lowest BCUT2D eigenvalue weighted by molar-refractivity contribution is -0.128. The number of esters is 1. The average Bonchev–Trinajstić information content (AvgIpc) is 2.40. The van der Waals surface area contributed by atoms with Crippen molar-refractivity contribution in [2.75, 3.05) is 0 Å². The van der Waals surface area contributed by atoms with E-state index in [1.807, 2.05) is 0 Å². The van der Waals surface area contributed by atoms with Gasteiger partial charge in [-0.3, -0.25) is 0 Å². The molecule has 2 aromatic carbocycles. The fourth-order valence-electron chi connectivity index (χ4n) is 1.60. The van der Waals surface area contributed by atoms with Crippen LogP contribution < -0.4 is 4.74 Å². The molecule has 2 rings (SSSR count). The molecule has 2 aromatic rings. The minimum Gasteiger partial charge on any atom is -0.423 e. The van der Waals surface area contributed by atoms with E-state index in [2.05, 4.69) is 6.58 Å². The lowest BCUT2D eigenvalue weighted by Crippen LogP contribution is -2.04. The van der Waals surface area contributed by atoms with Crippen LogP contribution in [0.15, 0.2) is 55.1 Å². The van der Waals surface area contributed by atoms with Crippen LogP contribution in [0.2, 0.25) is 0 Å². The highest BCUT2D eigenvalue weighted by molar-refractivity contribution is 5.85. The van der Waals surface area contributed by atoms with Crippen molar-refractivity contribution in [3.8, 4) is 16.9 Å². The Bertz CT molecular complexity index is 619. The molecule has 0 fully saturated rings. The molecule has 0 atom stereocenters. The third-order valence-electron chi connectivity index (χ3n) is 2.48. The van der Waals surface area contributed by atoms with E-state index < -0.39 is 11.8 Å². The van der Waals surface area contributed by atoms with E-state index in [0.29, 0.717) is 11.1 Å². The van der Waals surface area contributed by atoms with Gasteiger partial charge in [-0.25, -0.2) is 13.6 Å². The number of rotatable bonds is 3. The summed E-state index contributed by atoms with van der Waals surface area (Å²) in [6.45, 7) is 3.28. The molecule has 0 aliphatic carbocycles. The van der Waals surface area contributed by atoms with Gasteiger partial charge in [0.1, 0.15) is 17.4 Å². The Kier molecular flexibility index (Phi) is 3.71. The van der Waals surface area contributed by atoms with Crippen LogP contribution >= 0.6 is 0 Å². The summed E-state index contributed by atoms with van der Waals surface area (Å²) in [4.78, 5) is 11.2. The molecule has 0 bridgehead atoms. The Balaban J connectivity index is 2.47. The molecule has 19 heavy (non-hydrogen) atoms. The molecular formula is C15H10F2O2. The van der Waals surface area contributed by atoms with Gasteiger partial charge in [-0.2, -0.15) is 0 Å². The quantitative estimate of drug-likeness (QED) is 0.477. The summed E-state index contributed by atoms with van der Waals surface area (Å²) in [5.74, 6) is -1.53. The van der Waals surface area contributed by atoms with Crippen LogP contribution in [-0.2, 0) is 4.79 Å². The summed E-state index contributed by atoms with van der Waals surface area (Å²) < 4.78 is 31.0. The number of hydrogen-bond acceptors (Lipinski definition) is 2. The molecule has 2 nitrogen and oxygen atoms in total. The molecule has 0 aliphatic heterocycles. The molecular weight excluding hydrogens is 250 g/mol. The van der Waals surface area contributed by atoms with E-state index in [1.54, 1.807) is 0 Å². The van der Waals surface area contributed by atoms with Crippen molar-refractivity contribution < 1.29 is 18.3 Å². The zero-order valence-corrected chi connectivity index (χ0v) is 9.90. The van der Waals surface area contributed by atoms with Crippen molar-refractivity contribution in [3.05, 3.63) is 66.8 Å². The Morgan fingerprint density at radius 2 is 1.68 bits per heavy atom. The normalized spacial score (nSPS) is 10.0.